The molecular formula is C26H39N3O5. The van der Waals surface area contributed by atoms with E-state index in [1.807, 2.05) is 41.0 Å². The Kier molecular flexibility index (Phi) is 8.94. The lowest BCUT2D eigenvalue weighted by Crippen LogP contribution is -2.59. The molecule has 2 amide bonds. The Balaban J connectivity index is 1.68. The molecule has 0 aromatic heterocycles. The fourth-order valence-corrected chi connectivity index (χ4v) is 5.00. The van der Waals surface area contributed by atoms with Crippen molar-refractivity contribution in [2.45, 2.75) is 71.5 Å². The summed E-state index contributed by atoms with van der Waals surface area (Å²) in [6.45, 7) is 10.2. The highest BCUT2D eigenvalue weighted by Crippen LogP contribution is 2.35. The number of para-hydroxylation sites is 1. The minimum atomic E-state index is -0.436. The summed E-state index contributed by atoms with van der Waals surface area (Å²) < 4.78 is 10.7. The molecule has 1 aromatic carbocycles. The van der Waals surface area contributed by atoms with E-state index in [9.17, 15) is 14.4 Å². The van der Waals surface area contributed by atoms with Gasteiger partial charge >= 0.3 is 5.97 Å². The van der Waals surface area contributed by atoms with Gasteiger partial charge in [0.2, 0.25) is 5.91 Å². The Labute approximate surface area is 202 Å². The topological polar surface area (TPSA) is 88.2 Å². The average Bonchev–Trinajstić information content (AvgIpc) is 3.04. The van der Waals surface area contributed by atoms with Gasteiger partial charge in [0.1, 0.15) is 5.75 Å². The van der Waals surface area contributed by atoms with Crippen LogP contribution < -0.4 is 10.1 Å². The molecule has 1 unspecified atom stereocenters. The molecule has 0 saturated carbocycles. The zero-order valence-electron chi connectivity index (χ0n) is 21.0. The fourth-order valence-electron chi connectivity index (χ4n) is 5.00. The lowest BCUT2D eigenvalue weighted by Gasteiger charge is -2.45. The quantitative estimate of drug-likeness (QED) is 0.415. The second-order valence-electron chi connectivity index (χ2n) is 9.62. The number of unbranched alkanes of at least 4 members (excludes halogenated alkanes) is 1. The van der Waals surface area contributed by atoms with Gasteiger partial charge < -0.3 is 19.3 Å². The van der Waals surface area contributed by atoms with Gasteiger partial charge in [0.15, 0.2) is 0 Å². The Morgan fingerprint density at radius 1 is 1.18 bits per heavy atom. The number of nitrogens with zero attached hydrogens (tertiary/aromatic N) is 2. The number of esters is 1. The van der Waals surface area contributed by atoms with Gasteiger partial charge in [0.25, 0.3) is 5.91 Å². The Morgan fingerprint density at radius 3 is 2.53 bits per heavy atom. The van der Waals surface area contributed by atoms with Crippen molar-refractivity contribution in [3.63, 3.8) is 0 Å². The minimum absolute atomic E-state index is 0.0325. The number of hydrogen-bond acceptors (Lipinski definition) is 6. The molecule has 8 heteroatoms. The highest BCUT2D eigenvalue weighted by Gasteiger charge is 2.51. The first-order valence-corrected chi connectivity index (χ1v) is 12.5. The van der Waals surface area contributed by atoms with Crippen LogP contribution in [-0.4, -0.2) is 72.1 Å². The van der Waals surface area contributed by atoms with Gasteiger partial charge in [-0.3, -0.25) is 19.7 Å². The van der Waals surface area contributed by atoms with Crippen molar-refractivity contribution in [3.05, 3.63) is 29.8 Å². The molecule has 34 heavy (non-hydrogen) atoms. The molecule has 8 nitrogen and oxygen atoms in total. The zero-order chi connectivity index (χ0) is 24.7. The summed E-state index contributed by atoms with van der Waals surface area (Å²) in [4.78, 5) is 41.4. The van der Waals surface area contributed by atoms with Crippen molar-refractivity contribution in [2.24, 2.45) is 5.92 Å². The summed E-state index contributed by atoms with van der Waals surface area (Å²) in [6.07, 6.45) is 3.63. The van der Waals surface area contributed by atoms with Crippen LogP contribution >= 0.6 is 0 Å². The number of likely N-dealkylation sites (tertiary alicyclic amines) is 1. The first-order valence-electron chi connectivity index (χ1n) is 12.5. The number of benzene rings is 1. The van der Waals surface area contributed by atoms with Crippen LogP contribution in [0.25, 0.3) is 0 Å². The van der Waals surface area contributed by atoms with Gasteiger partial charge in [-0.1, -0.05) is 26.0 Å². The monoisotopic (exact) mass is 473 g/mol. The van der Waals surface area contributed by atoms with Crippen molar-refractivity contribution in [1.82, 2.24) is 15.1 Å². The highest BCUT2D eigenvalue weighted by atomic mass is 16.5. The summed E-state index contributed by atoms with van der Waals surface area (Å²) in [5, 5.41) is 3.66. The molecule has 2 aliphatic heterocycles. The van der Waals surface area contributed by atoms with Crippen molar-refractivity contribution in [1.29, 1.82) is 0 Å². The summed E-state index contributed by atoms with van der Waals surface area (Å²) in [6, 6.07) is 7.16. The minimum Gasteiger partial charge on any atom is -0.493 e. The molecular weight excluding hydrogens is 434 g/mol. The van der Waals surface area contributed by atoms with Crippen LogP contribution in [0.3, 0.4) is 0 Å². The van der Waals surface area contributed by atoms with E-state index in [1.165, 1.54) is 6.92 Å². The van der Waals surface area contributed by atoms with E-state index in [0.717, 1.165) is 12.8 Å². The van der Waals surface area contributed by atoms with Crippen molar-refractivity contribution in [2.75, 3.05) is 32.8 Å². The number of carbonyl (C=O) groups excluding carboxylic acids is 3. The van der Waals surface area contributed by atoms with Crippen LogP contribution in [0.15, 0.2) is 24.3 Å². The summed E-state index contributed by atoms with van der Waals surface area (Å²) in [5.74, 6) is 0.836. The van der Waals surface area contributed by atoms with Crippen molar-refractivity contribution in [3.8, 4) is 5.75 Å². The Hall–Kier alpha value is -2.61. The molecule has 2 fully saturated rings. The zero-order valence-corrected chi connectivity index (χ0v) is 21.0. The maximum Gasteiger partial charge on any atom is 0.302 e. The van der Waals surface area contributed by atoms with Crippen LogP contribution in [0.1, 0.15) is 70.2 Å². The number of carbonyl (C=O) groups is 3. The van der Waals surface area contributed by atoms with E-state index in [4.69, 9.17) is 9.47 Å². The van der Waals surface area contributed by atoms with E-state index in [1.54, 1.807) is 0 Å². The third-order valence-corrected chi connectivity index (χ3v) is 6.61. The van der Waals surface area contributed by atoms with Crippen molar-refractivity contribution >= 4 is 17.8 Å². The molecule has 1 spiro atoms. The number of nitrogens with one attached hydrogen (secondary N) is 1. The fraction of sp³-hybridized carbons (Fsp3) is 0.654. The number of ether oxygens (including phenoxy) is 2. The Morgan fingerprint density at radius 2 is 1.88 bits per heavy atom. The molecule has 1 aromatic rings. The van der Waals surface area contributed by atoms with E-state index in [0.29, 0.717) is 69.3 Å². The lowest BCUT2D eigenvalue weighted by molar-refractivity contribution is -0.141. The third-order valence-electron chi connectivity index (χ3n) is 6.61. The SMILES string of the molecule is CCOc1ccccc1C(=O)N1CCC2(CC1)NC(CC(C)C)C(=O)N2CCCCOC(C)=O. The van der Waals surface area contributed by atoms with E-state index in [2.05, 4.69) is 19.2 Å². The molecule has 1 atom stereocenters. The highest BCUT2D eigenvalue weighted by molar-refractivity contribution is 5.97. The van der Waals surface area contributed by atoms with Gasteiger partial charge in [-0.05, 0) is 44.2 Å². The average molecular weight is 474 g/mol. The first kappa shape index (κ1) is 26.0. The molecule has 3 rings (SSSR count). The van der Waals surface area contributed by atoms with Crippen molar-refractivity contribution < 1.29 is 23.9 Å². The summed E-state index contributed by atoms with van der Waals surface area (Å²) in [5.41, 5.74) is 0.143. The first-order chi connectivity index (χ1) is 16.3. The molecule has 0 radical (unpaired) electrons. The Bertz CT molecular complexity index is 864. The van der Waals surface area contributed by atoms with Gasteiger partial charge in [0, 0.05) is 39.4 Å². The second-order valence-corrected chi connectivity index (χ2v) is 9.62. The van der Waals surface area contributed by atoms with Crippen LogP contribution in [-0.2, 0) is 14.3 Å². The van der Waals surface area contributed by atoms with Gasteiger partial charge in [-0.15, -0.1) is 0 Å². The van der Waals surface area contributed by atoms with Crippen LogP contribution in [0.5, 0.6) is 5.75 Å². The van der Waals surface area contributed by atoms with Crippen LogP contribution in [0, 0.1) is 5.92 Å². The number of rotatable bonds is 10. The van der Waals surface area contributed by atoms with E-state index >= 15 is 0 Å². The predicted molar refractivity (Wildman–Crippen MR) is 129 cm³/mol. The van der Waals surface area contributed by atoms with Crippen LogP contribution in [0.2, 0.25) is 0 Å². The molecule has 0 aliphatic carbocycles. The maximum atomic E-state index is 13.3. The number of hydrogen-bond donors (Lipinski definition) is 1. The van der Waals surface area contributed by atoms with Gasteiger partial charge in [-0.25, -0.2) is 0 Å². The molecule has 2 heterocycles. The molecule has 1 N–H and O–H groups in total. The van der Waals surface area contributed by atoms with Gasteiger partial charge in [-0.2, -0.15) is 0 Å². The largest absolute Gasteiger partial charge is 0.493 e. The smallest absolute Gasteiger partial charge is 0.302 e. The number of piperidine rings is 1. The third kappa shape index (κ3) is 6.09. The number of amides is 2. The summed E-state index contributed by atoms with van der Waals surface area (Å²) >= 11 is 0. The standard InChI is InChI=1S/C26H39N3O5/c1-5-33-23-11-7-6-10-21(23)24(31)28-15-12-26(13-16-28)27-22(18-19(2)3)25(32)29(26)14-8-9-17-34-20(4)30/h6-7,10-11,19,22,27H,5,8-9,12-18H2,1-4H3. The normalized spacial score (nSPS) is 19.7. The molecule has 2 aliphatic rings. The molecule has 188 valence electrons. The summed E-state index contributed by atoms with van der Waals surface area (Å²) in [7, 11) is 0. The lowest BCUT2D eigenvalue weighted by atomic mass is 9.94. The van der Waals surface area contributed by atoms with E-state index in [-0.39, 0.29) is 23.8 Å². The maximum absolute atomic E-state index is 13.3. The predicted octanol–water partition coefficient (Wildman–Crippen LogP) is 3.21. The molecule has 0 bridgehead atoms. The second kappa shape index (κ2) is 11.7. The van der Waals surface area contributed by atoms with Crippen LogP contribution in [0.4, 0.5) is 0 Å². The van der Waals surface area contributed by atoms with Gasteiger partial charge in [0.05, 0.1) is 30.5 Å². The van der Waals surface area contributed by atoms with E-state index < -0.39 is 5.66 Å². The molecule has 2 saturated heterocycles.